The van der Waals surface area contributed by atoms with Gasteiger partial charge in [0.05, 0.1) is 16.2 Å². The number of nitrogens with zero attached hydrogens (tertiary/aromatic N) is 3. The molecule has 0 bridgehead atoms. The summed E-state index contributed by atoms with van der Waals surface area (Å²) in [6, 6.07) is 4.66. The monoisotopic (exact) mass is 377 g/mol. The second-order valence-corrected chi connectivity index (χ2v) is 6.48. The summed E-state index contributed by atoms with van der Waals surface area (Å²) in [6.07, 6.45) is 4.83. The minimum Gasteiger partial charge on any atom is -0.467 e. The second-order valence-electron chi connectivity index (χ2n) is 5.57. The van der Waals surface area contributed by atoms with Crippen molar-refractivity contribution in [3.05, 3.63) is 67.2 Å². The van der Waals surface area contributed by atoms with Gasteiger partial charge < -0.3 is 4.74 Å². The predicted octanol–water partition coefficient (Wildman–Crippen LogP) is 2.97. The lowest BCUT2D eigenvalue weighted by molar-refractivity contribution is -0.386. The average Bonchev–Trinajstić information content (AvgIpc) is 2.47. The van der Waals surface area contributed by atoms with E-state index in [9.17, 15) is 14.9 Å². The molecule has 8 heteroatoms. The van der Waals surface area contributed by atoms with Crippen LogP contribution < -0.4 is 10.3 Å². The Morgan fingerprint density at radius 2 is 2.17 bits per heavy atom. The van der Waals surface area contributed by atoms with Crippen LogP contribution >= 0.6 is 15.9 Å². The highest BCUT2D eigenvalue weighted by Gasteiger charge is 2.30. The summed E-state index contributed by atoms with van der Waals surface area (Å²) in [7, 11) is 0. The number of rotatable bonds is 2. The molecule has 2 aromatic rings. The molecule has 0 unspecified atom stereocenters. The molecule has 0 spiro atoms. The second kappa shape index (κ2) is 5.31. The number of nitro groups is 1. The van der Waals surface area contributed by atoms with Crippen molar-refractivity contribution in [3.63, 3.8) is 0 Å². The van der Waals surface area contributed by atoms with E-state index in [0.717, 1.165) is 0 Å². The van der Waals surface area contributed by atoms with Crippen LogP contribution in [0, 0.1) is 10.1 Å². The van der Waals surface area contributed by atoms with Crippen LogP contribution in [0.1, 0.15) is 19.4 Å². The molecule has 0 aromatic carbocycles. The van der Waals surface area contributed by atoms with Gasteiger partial charge in [0.15, 0.2) is 0 Å². The van der Waals surface area contributed by atoms with Gasteiger partial charge in [0.2, 0.25) is 5.88 Å². The number of halogens is 1. The maximum absolute atomic E-state index is 12.5. The Kier molecular flexibility index (Phi) is 3.56. The fourth-order valence-corrected chi connectivity index (χ4v) is 2.82. The lowest BCUT2D eigenvalue weighted by Crippen LogP contribution is -2.33. The molecule has 0 saturated heterocycles. The first-order chi connectivity index (χ1) is 10.8. The fraction of sp³-hybridized carbons (Fsp3) is 0.200. The van der Waals surface area contributed by atoms with Crippen LogP contribution in [0.2, 0.25) is 0 Å². The van der Waals surface area contributed by atoms with Gasteiger partial charge in [-0.3, -0.25) is 19.5 Å². The molecule has 0 saturated carbocycles. The van der Waals surface area contributed by atoms with Crippen molar-refractivity contribution in [2.24, 2.45) is 0 Å². The van der Waals surface area contributed by atoms with Gasteiger partial charge in [0.25, 0.3) is 0 Å². The summed E-state index contributed by atoms with van der Waals surface area (Å²) in [5.74, 6) is 0.379. The van der Waals surface area contributed by atoms with Crippen LogP contribution in [-0.4, -0.2) is 20.1 Å². The number of ether oxygens (including phenoxy) is 1. The molecule has 0 amide bonds. The normalized spacial score (nSPS) is 15.3. The number of hydrogen-bond acceptors (Lipinski definition) is 5. The summed E-state index contributed by atoms with van der Waals surface area (Å²) in [5.41, 5.74) is -0.820. The number of pyridine rings is 2. The molecule has 2 aromatic heterocycles. The molecule has 1 aliphatic heterocycles. The van der Waals surface area contributed by atoms with E-state index < -0.39 is 21.8 Å². The van der Waals surface area contributed by atoms with E-state index >= 15 is 0 Å². The summed E-state index contributed by atoms with van der Waals surface area (Å²) < 4.78 is 7.44. The van der Waals surface area contributed by atoms with Crippen molar-refractivity contribution < 1.29 is 9.66 Å². The molecule has 0 fully saturated rings. The minimum absolute atomic E-state index is 0.379. The van der Waals surface area contributed by atoms with E-state index in [4.69, 9.17) is 4.74 Å². The lowest BCUT2D eigenvalue weighted by atomic mass is 10.0. The van der Waals surface area contributed by atoms with Crippen LogP contribution in [-0.2, 0) is 0 Å². The van der Waals surface area contributed by atoms with Crippen LogP contribution in [0.5, 0.6) is 5.88 Å². The highest BCUT2D eigenvalue weighted by molar-refractivity contribution is 9.10. The van der Waals surface area contributed by atoms with Gasteiger partial charge in [-0.05, 0) is 48.0 Å². The van der Waals surface area contributed by atoms with Crippen molar-refractivity contribution in [3.8, 4) is 5.88 Å². The van der Waals surface area contributed by atoms with Crippen LogP contribution in [0.4, 0.5) is 5.69 Å². The molecular weight excluding hydrogens is 366 g/mol. The molecule has 118 valence electrons. The third-order valence-electron chi connectivity index (χ3n) is 3.31. The summed E-state index contributed by atoms with van der Waals surface area (Å²) >= 11 is 3.21. The number of hydrogen-bond donors (Lipinski definition) is 0. The Hall–Kier alpha value is -2.48. The zero-order valence-electron chi connectivity index (χ0n) is 12.3. The lowest BCUT2D eigenvalue weighted by Gasteiger charge is -2.30. The van der Waals surface area contributed by atoms with Gasteiger partial charge in [-0.2, -0.15) is 0 Å². The van der Waals surface area contributed by atoms with E-state index in [0.29, 0.717) is 21.6 Å². The van der Waals surface area contributed by atoms with Crippen LogP contribution in [0.3, 0.4) is 0 Å². The third-order valence-corrected chi connectivity index (χ3v) is 3.75. The first-order valence-electron chi connectivity index (χ1n) is 6.73. The minimum atomic E-state index is -0.711. The Balaban J connectivity index is 2.31. The van der Waals surface area contributed by atoms with Gasteiger partial charge in [0.1, 0.15) is 5.60 Å². The van der Waals surface area contributed by atoms with Gasteiger partial charge in [0, 0.05) is 22.9 Å². The van der Waals surface area contributed by atoms with Crippen molar-refractivity contribution in [2.75, 3.05) is 0 Å². The van der Waals surface area contributed by atoms with Gasteiger partial charge in [-0.1, -0.05) is 0 Å². The van der Waals surface area contributed by atoms with Crippen molar-refractivity contribution in [1.29, 1.82) is 0 Å². The van der Waals surface area contributed by atoms with Crippen molar-refractivity contribution in [2.45, 2.75) is 19.4 Å². The molecule has 3 heterocycles. The molecule has 0 radical (unpaired) electrons. The zero-order valence-corrected chi connectivity index (χ0v) is 13.9. The van der Waals surface area contributed by atoms with Gasteiger partial charge in [-0.15, -0.1) is 0 Å². The SMILES string of the molecule is CC1(C)C=C(n2cc(Br)cc([N+](=O)[O-])c2=O)c2cccnc2O1. The molecule has 0 atom stereocenters. The molecule has 7 nitrogen and oxygen atoms in total. The quantitative estimate of drug-likeness (QED) is 0.592. The number of fused-ring (bicyclic) bond motifs is 1. The highest BCUT2D eigenvalue weighted by atomic mass is 79.9. The molecule has 3 rings (SSSR count). The third kappa shape index (κ3) is 2.77. The Morgan fingerprint density at radius 1 is 1.43 bits per heavy atom. The smallest absolute Gasteiger partial charge is 0.335 e. The van der Waals surface area contributed by atoms with Crippen LogP contribution in [0.25, 0.3) is 5.70 Å². The Labute approximate surface area is 139 Å². The fourth-order valence-electron chi connectivity index (χ4n) is 2.40. The van der Waals surface area contributed by atoms with E-state index in [2.05, 4.69) is 20.9 Å². The molecule has 0 aliphatic carbocycles. The summed E-state index contributed by atoms with van der Waals surface area (Å²) in [5, 5.41) is 11.1. The zero-order chi connectivity index (χ0) is 16.8. The van der Waals surface area contributed by atoms with Crippen molar-refractivity contribution in [1.82, 2.24) is 9.55 Å². The topological polar surface area (TPSA) is 87.3 Å². The molecule has 1 aliphatic rings. The predicted molar refractivity (Wildman–Crippen MR) is 87.4 cm³/mol. The molecule has 23 heavy (non-hydrogen) atoms. The van der Waals surface area contributed by atoms with E-state index in [-0.39, 0.29) is 0 Å². The van der Waals surface area contributed by atoms with E-state index in [1.807, 2.05) is 13.8 Å². The maximum atomic E-state index is 12.5. The Morgan fingerprint density at radius 3 is 2.87 bits per heavy atom. The summed E-state index contributed by atoms with van der Waals surface area (Å²) in [4.78, 5) is 27.1. The Bertz CT molecular complexity index is 902. The first-order valence-corrected chi connectivity index (χ1v) is 7.52. The van der Waals surface area contributed by atoms with E-state index in [1.54, 1.807) is 24.4 Å². The average molecular weight is 378 g/mol. The van der Waals surface area contributed by atoms with Crippen LogP contribution in [0.15, 0.2) is 45.9 Å². The first kappa shape index (κ1) is 15.4. The largest absolute Gasteiger partial charge is 0.467 e. The van der Waals surface area contributed by atoms with Gasteiger partial charge >= 0.3 is 11.2 Å². The number of aromatic nitrogens is 2. The maximum Gasteiger partial charge on any atom is 0.335 e. The van der Waals surface area contributed by atoms with E-state index in [1.165, 1.54) is 16.8 Å². The van der Waals surface area contributed by atoms with Crippen molar-refractivity contribution >= 4 is 27.3 Å². The summed E-state index contributed by atoms with van der Waals surface area (Å²) in [6.45, 7) is 3.64. The standard InChI is InChI=1S/C15H12BrN3O4/c1-15(2)7-12(10-4-3-5-17-13(10)23-15)18-8-9(16)6-11(14(18)20)19(21)22/h3-8H,1-2H3. The van der Waals surface area contributed by atoms with Gasteiger partial charge in [-0.25, -0.2) is 4.98 Å². The molecule has 0 N–H and O–H groups in total. The molecular formula is C15H12BrN3O4. The highest BCUT2D eigenvalue weighted by Crippen LogP contribution is 2.35.